The van der Waals surface area contributed by atoms with Crippen LogP contribution >= 0.6 is 35.0 Å². The zero-order valence-corrected chi connectivity index (χ0v) is 14.8. The van der Waals surface area contributed by atoms with Gasteiger partial charge in [-0.25, -0.2) is 4.99 Å². The maximum absolute atomic E-state index is 12.1. The predicted molar refractivity (Wildman–Crippen MR) is 100 cm³/mol. The Bertz CT molecular complexity index is 894. The van der Waals surface area contributed by atoms with Crippen LogP contribution in [0.4, 0.5) is 5.69 Å². The fourth-order valence-corrected chi connectivity index (χ4v) is 3.27. The summed E-state index contributed by atoms with van der Waals surface area (Å²) in [6.07, 6.45) is 1.62. The molecule has 0 aromatic heterocycles. The fourth-order valence-electron chi connectivity index (χ4n) is 2.10. The van der Waals surface area contributed by atoms with Gasteiger partial charge in [0, 0.05) is 5.02 Å². The molecule has 24 heavy (non-hydrogen) atoms. The van der Waals surface area contributed by atoms with Crippen LogP contribution in [0.15, 0.2) is 46.3 Å². The summed E-state index contributed by atoms with van der Waals surface area (Å²) in [5.41, 5.74) is 2.10. The summed E-state index contributed by atoms with van der Waals surface area (Å²) in [4.78, 5) is 17.0. The lowest BCUT2D eigenvalue weighted by molar-refractivity contribution is -0.115. The maximum Gasteiger partial charge on any atom is 0.264 e. The van der Waals surface area contributed by atoms with Gasteiger partial charge in [-0.3, -0.25) is 4.79 Å². The molecule has 0 radical (unpaired) electrons. The lowest BCUT2D eigenvalue weighted by atomic mass is 10.2. The van der Waals surface area contributed by atoms with E-state index in [9.17, 15) is 9.90 Å². The van der Waals surface area contributed by atoms with Gasteiger partial charge in [0.1, 0.15) is 5.75 Å². The molecular formula is C17H12Cl2N2O2S. The first-order chi connectivity index (χ1) is 11.5. The van der Waals surface area contributed by atoms with E-state index >= 15 is 0 Å². The Labute approximate surface area is 153 Å². The Morgan fingerprint density at radius 1 is 1.21 bits per heavy atom. The first-order valence-electron chi connectivity index (χ1n) is 6.98. The summed E-state index contributed by atoms with van der Waals surface area (Å²) in [6.45, 7) is 1.87. The van der Waals surface area contributed by atoms with Crippen molar-refractivity contribution >= 4 is 57.8 Å². The van der Waals surface area contributed by atoms with Crippen LogP contribution in [0.5, 0.6) is 5.75 Å². The van der Waals surface area contributed by atoms with Crippen molar-refractivity contribution in [2.45, 2.75) is 6.92 Å². The highest BCUT2D eigenvalue weighted by Gasteiger charge is 2.24. The van der Waals surface area contributed by atoms with E-state index < -0.39 is 0 Å². The number of phenolic OH excluding ortho intramolecular Hbond substituents is 1. The Kier molecular flexibility index (Phi) is 4.85. The van der Waals surface area contributed by atoms with E-state index in [0.717, 1.165) is 5.56 Å². The SMILES string of the molecule is Cc1c(Cl)cccc1N=C1NC(=O)/C(=C/c2cccc(O)c2Cl)S1. The van der Waals surface area contributed by atoms with Crippen molar-refractivity contribution in [3.8, 4) is 5.75 Å². The van der Waals surface area contributed by atoms with Crippen LogP contribution in [0.3, 0.4) is 0 Å². The second-order valence-corrected chi connectivity index (χ2v) is 6.86. The molecule has 1 aliphatic heterocycles. The van der Waals surface area contributed by atoms with Crippen LogP contribution in [-0.2, 0) is 4.79 Å². The number of carbonyl (C=O) groups is 1. The zero-order valence-electron chi connectivity index (χ0n) is 12.5. The number of nitrogens with zero attached hydrogens (tertiary/aromatic N) is 1. The first-order valence-corrected chi connectivity index (χ1v) is 8.55. The average Bonchev–Trinajstić information content (AvgIpc) is 2.88. The Balaban J connectivity index is 1.91. The normalized spacial score (nSPS) is 17.5. The molecule has 0 atom stereocenters. The fraction of sp³-hybridized carbons (Fsp3) is 0.0588. The minimum Gasteiger partial charge on any atom is -0.506 e. The molecule has 1 saturated heterocycles. The van der Waals surface area contributed by atoms with Gasteiger partial charge < -0.3 is 10.4 Å². The standard InChI is InChI=1S/C17H12Cl2N2O2S/c1-9-11(18)5-3-6-12(9)20-17-21-16(23)14(24-17)8-10-4-2-7-13(22)15(10)19/h2-8,22H,1H3,(H,20,21,23)/b14-8-. The van der Waals surface area contributed by atoms with E-state index in [0.29, 0.717) is 26.3 Å². The van der Waals surface area contributed by atoms with Gasteiger partial charge in [0.2, 0.25) is 0 Å². The highest BCUT2D eigenvalue weighted by Crippen LogP contribution is 2.34. The van der Waals surface area contributed by atoms with Crippen molar-refractivity contribution in [1.29, 1.82) is 0 Å². The van der Waals surface area contributed by atoms with Gasteiger partial charge in [0.15, 0.2) is 5.17 Å². The number of benzene rings is 2. The number of halogens is 2. The van der Waals surface area contributed by atoms with Crippen LogP contribution in [0.1, 0.15) is 11.1 Å². The molecule has 1 fully saturated rings. The van der Waals surface area contributed by atoms with E-state index in [1.54, 1.807) is 30.3 Å². The molecule has 0 saturated carbocycles. The number of amides is 1. The van der Waals surface area contributed by atoms with Gasteiger partial charge in [0.25, 0.3) is 5.91 Å². The number of hydrogen-bond donors (Lipinski definition) is 2. The topological polar surface area (TPSA) is 61.7 Å². The monoisotopic (exact) mass is 378 g/mol. The van der Waals surface area contributed by atoms with Crippen LogP contribution in [-0.4, -0.2) is 16.2 Å². The third kappa shape index (κ3) is 3.43. The number of amidine groups is 1. The number of thioether (sulfide) groups is 1. The second-order valence-electron chi connectivity index (χ2n) is 5.05. The maximum atomic E-state index is 12.1. The molecule has 2 aromatic carbocycles. The Morgan fingerprint density at radius 3 is 2.75 bits per heavy atom. The van der Waals surface area contributed by atoms with Crippen LogP contribution < -0.4 is 5.32 Å². The molecule has 0 unspecified atom stereocenters. The van der Waals surface area contributed by atoms with Crippen molar-refractivity contribution in [2.24, 2.45) is 4.99 Å². The summed E-state index contributed by atoms with van der Waals surface area (Å²) in [6, 6.07) is 10.3. The van der Waals surface area contributed by atoms with Gasteiger partial charge in [-0.1, -0.05) is 41.4 Å². The second kappa shape index (κ2) is 6.89. The minimum absolute atomic E-state index is 0.0298. The molecule has 1 aliphatic rings. The van der Waals surface area contributed by atoms with Crippen molar-refractivity contribution in [3.05, 3.63) is 62.5 Å². The molecule has 1 heterocycles. The van der Waals surface area contributed by atoms with E-state index in [1.807, 2.05) is 13.0 Å². The number of aromatic hydroxyl groups is 1. The molecule has 0 aliphatic carbocycles. The quantitative estimate of drug-likeness (QED) is 0.730. The minimum atomic E-state index is -0.266. The van der Waals surface area contributed by atoms with E-state index in [1.165, 1.54) is 17.8 Å². The Hall–Kier alpha value is -1.95. The van der Waals surface area contributed by atoms with Gasteiger partial charge in [-0.2, -0.15) is 0 Å². The smallest absolute Gasteiger partial charge is 0.264 e. The Morgan fingerprint density at radius 2 is 1.96 bits per heavy atom. The van der Waals surface area contributed by atoms with E-state index in [4.69, 9.17) is 23.2 Å². The number of rotatable bonds is 2. The van der Waals surface area contributed by atoms with Crippen molar-refractivity contribution in [1.82, 2.24) is 5.32 Å². The molecular weight excluding hydrogens is 367 g/mol. The van der Waals surface area contributed by atoms with Gasteiger partial charge in [0.05, 0.1) is 15.6 Å². The number of nitrogens with one attached hydrogen (secondary N) is 1. The highest BCUT2D eigenvalue weighted by molar-refractivity contribution is 8.18. The average molecular weight is 379 g/mol. The van der Waals surface area contributed by atoms with E-state index in [-0.39, 0.29) is 16.7 Å². The molecule has 3 rings (SSSR count). The summed E-state index contributed by atoms with van der Waals surface area (Å²) in [5, 5.41) is 13.6. The molecule has 0 spiro atoms. The predicted octanol–water partition coefficient (Wildman–Crippen LogP) is 4.90. The lowest BCUT2D eigenvalue weighted by Crippen LogP contribution is -2.19. The molecule has 2 N–H and O–H groups in total. The third-order valence-electron chi connectivity index (χ3n) is 3.41. The third-order valence-corrected chi connectivity index (χ3v) is 5.14. The zero-order chi connectivity index (χ0) is 17.3. The number of hydrogen-bond acceptors (Lipinski definition) is 4. The van der Waals surface area contributed by atoms with Crippen LogP contribution in [0.25, 0.3) is 6.08 Å². The molecule has 122 valence electrons. The van der Waals surface area contributed by atoms with Crippen LogP contribution in [0.2, 0.25) is 10.0 Å². The summed E-state index contributed by atoms with van der Waals surface area (Å²) < 4.78 is 0. The molecule has 4 nitrogen and oxygen atoms in total. The largest absolute Gasteiger partial charge is 0.506 e. The van der Waals surface area contributed by atoms with Gasteiger partial charge in [-0.05, 0) is 54.1 Å². The van der Waals surface area contributed by atoms with Crippen molar-refractivity contribution in [3.63, 3.8) is 0 Å². The number of carbonyl (C=O) groups excluding carboxylic acids is 1. The van der Waals surface area contributed by atoms with E-state index in [2.05, 4.69) is 10.3 Å². The first kappa shape index (κ1) is 16.9. The van der Waals surface area contributed by atoms with Crippen molar-refractivity contribution < 1.29 is 9.90 Å². The number of phenols is 1. The summed E-state index contributed by atoms with van der Waals surface area (Å²) in [5.74, 6) is -0.296. The summed E-state index contributed by atoms with van der Waals surface area (Å²) >= 11 is 13.3. The number of aliphatic imine (C=N–C) groups is 1. The molecule has 0 bridgehead atoms. The van der Waals surface area contributed by atoms with Gasteiger partial charge >= 0.3 is 0 Å². The highest BCUT2D eigenvalue weighted by atomic mass is 35.5. The van der Waals surface area contributed by atoms with Crippen LogP contribution in [0, 0.1) is 6.92 Å². The molecule has 7 heteroatoms. The molecule has 2 aromatic rings. The molecule has 1 amide bonds. The van der Waals surface area contributed by atoms with Gasteiger partial charge in [-0.15, -0.1) is 0 Å². The van der Waals surface area contributed by atoms with Crippen molar-refractivity contribution in [2.75, 3.05) is 0 Å². The summed E-state index contributed by atoms with van der Waals surface area (Å²) in [7, 11) is 0. The lowest BCUT2D eigenvalue weighted by Gasteiger charge is -2.02.